The number of aromatic nitrogens is 2. The van der Waals surface area contributed by atoms with Crippen molar-refractivity contribution in [2.24, 2.45) is 0 Å². The molecule has 0 saturated heterocycles. The van der Waals surface area contributed by atoms with Gasteiger partial charge in [0.2, 0.25) is 0 Å². The molecule has 0 N–H and O–H groups in total. The molecular formula is C19H14N3OP+2. The predicted molar refractivity (Wildman–Crippen MR) is 89.8 cm³/mol. The van der Waals surface area contributed by atoms with Crippen LogP contribution in [-0.4, -0.2) is 0 Å². The van der Waals surface area contributed by atoms with E-state index in [1.807, 2.05) is 82.5 Å². The van der Waals surface area contributed by atoms with Crippen molar-refractivity contribution in [1.82, 2.24) is 0 Å². The van der Waals surface area contributed by atoms with Gasteiger partial charge >= 0.3 is 112 Å². The minimum Gasteiger partial charge on any atom is -0.0378 e. The van der Waals surface area contributed by atoms with Crippen LogP contribution in [0.25, 0.3) is 16.8 Å². The predicted octanol–water partition coefficient (Wildman–Crippen LogP) is 3.04. The van der Waals surface area contributed by atoms with Gasteiger partial charge in [-0.25, -0.2) is 0 Å². The Hall–Kier alpha value is -2.98. The van der Waals surface area contributed by atoms with Crippen molar-refractivity contribution in [2.75, 3.05) is 0 Å². The van der Waals surface area contributed by atoms with Crippen LogP contribution in [0, 0.1) is 17.0 Å². The topological polar surface area (TPSA) is 48.6 Å². The summed E-state index contributed by atoms with van der Waals surface area (Å²) < 4.78 is 14.3. The summed E-state index contributed by atoms with van der Waals surface area (Å²) in [5, 5.41) is 8.85. The van der Waals surface area contributed by atoms with Crippen molar-refractivity contribution in [3.8, 4) is 28.5 Å². The molecule has 3 rings (SSSR count). The number of rotatable bonds is 3. The molecule has 24 heavy (non-hydrogen) atoms. The van der Waals surface area contributed by atoms with Crippen LogP contribution >= 0.6 is 7.92 Å². The van der Waals surface area contributed by atoms with Crippen molar-refractivity contribution in [2.45, 2.75) is 6.54 Å². The molecule has 1 aromatic carbocycles. The van der Waals surface area contributed by atoms with E-state index < -0.39 is 0 Å². The van der Waals surface area contributed by atoms with E-state index in [-0.39, 0.29) is 7.92 Å². The summed E-state index contributed by atoms with van der Waals surface area (Å²) >= 11 is 0. The molecule has 114 valence electrons. The van der Waals surface area contributed by atoms with E-state index in [2.05, 4.69) is 11.7 Å². The van der Waals surface area contributed by atoms with Crippen LogP contribution in [0.2, 0.25) is 0 Å². The molecule has 0 spiro atoms. The zero-order valence-electron chi connectivity index (χ0n) is 12.8. The zero-order valence-corrected chi connectivity index (χ0v) is 13.7. The van der Waals surface area contributed by atoms with E-state index in [9.17, 15) is 4.57 Å². The van der Waals surface area contributed by atoms with Crippen LogP contribution in [0.1, 0.15) is 5.56 Å². The Morgan fingerprint density at radius 2 is 1.46 bits per heavy atom. The maximum absolute atomic E-state index is 10.4. The summed E-state index contributed by atoms with van der Waals surface area (Å²) in [6, 6.07) is 17.7. The van der Waals surface area contributed by atoms with E-state index in [0.717, 1.165) is 16.8 Å². The maximum atomic E-state index is 10.4. The third kappa shape index (κ3) is 3.67. The first kappa shape index (κ1) is 15.9. The van der Waals surface area contributed by atoms with Crippen molar-refractivity contribution in [1.29, 1.82) is 5.26 Å². The van der Waals surface area contributed by atoms with Gasteiger partial charge in [-0.1, -0.05) is 0 Å². The minimum absolute atomic E-state index is 0.0735. The number of nitrogens with zero attached hydrogens (tertiary/aromatic N) is 3. The van der Waals surface area contributed by atoms with Gasteiger partial charge in [-0.15, -0.1) is 0 Å². The zero-order chi connectivity index (χ0) is 16.8. The molecule has 0 fully saturated rings. The quantitative estimate of drug-likeness (QED) is 0.547. The van der Waals surface area contributed by atoms with E-state index in [4.69, 9.17) is 5.26 Å². The first-order chi connectivity index (χ1) is 11.8. The number of hydrogen-bond donors (Lipinski definition) is 0. The third-order valence-corrected chi connectivity index (χ3v) is 3.94. The molecule has 0 amide bonds. The Kier molecular flexibility index (Phi) is 4.99. The molecular weight excluding hydrogens is 317 g/mol. The first-order valence-corrected chi connectivity index (χ1v) is 8.18. The Morgan fingerprint density at radius 1 is 0.875 bits per heavy atom. The number of nitriles is 1. The van der Waals surface area contributed by atoms with Gasteiger partial charge in [0.25, 0.3) is 0 Å². The molecule has 5 heteroatoms. The molecule has 3 aromatic rings. The molecule has 2 aromatic heterocycles. The molecule has 0 aliphatic heterocycles. The fourth-order valence-electron chi connectivity index (χ4n) is 2.36. The second-order valence-electron chi connectivity index (χ2n) is 5.16. The minimum atomic E-state index is -0.0735. The Morgan fingerprint density at radius 3 is 2.00 bits per heavy atom. The number of benzene rings is 1. The fourth-order valence-corrected chi connectivity index (χ4v) is 2.59. The van der Waals surface area contributed by atoms with Crippen molar-refractivity contribution in [3.63, 3.8) is 0 Å². The van der Waals surface area contributed by atoms with Crippen molar-refractivity contribution < 1.29 is 13.7 Å². The van der Waals surface area contributed by atoms with Crippen LogP contribution in [0.4, 0.5) is 0 Å². The number of pyridine rings is 2. The van der Waals surface area contributed by atoms with Gasteiger partial charge in [0.05, 0.1) is 11.6 Å². The molecule has 0 aliphatic carbocycles. The van der Waals surface area contributed by atoms with Crippen LogP contribution in [0.15, 0.2) is 73.3 Å². The van der Waals surface area contributed by atoms with Crippen molar-refractivity contribution >= 4 is 7.92 Å². The average Bonchev–Trinajstić information content (AvgIpc) is 2.67. The van der Waals surface area contributed by atoms with Crippen LogP contribution in [0.5, 0.6) is 0 Å². The van der Waals surface area contributed by atoms with Gasteiger partial charge in [-0.2, -0.15) is 5.26 Å². The van der Waals surface area contributed by atoms with E-state index in [1.54, 1.807) is 0 Å². The smallest absolute Gasteiger partial charge is 0.0378 e. The monoisotopic (exact) mass is 331 g/mol. The average molecular weight is 331 g/mol. The van der Waals surface area contributed by atoms with Crippen LogP contribution in [-0.2, 0) is 11.1 Å². The molecule has 4 nitrogen and oxygen atoms in total. The van der Waals surface area contributed by atoms with Gasteiger partial charge < -0.3 is 0 Å². The third-order valence-electron chi connectivity index (χ3n) is 3.67. The summed E-state index contributed by atoms with van der Waals surface area (Å²) in [6.07, 6.45) is 7.87. The Balaban J connectivity index is 1.81. The molecule has 0 radical (unpaired) electrons. The van der Waals surface area contributed by atoms with Gasteiger partial charge in [-0.05, 0) is 12.1 Å². The molecule has 0 unspecified atom stereocenters. The second-order valence-corrected chi connectivity index (χ2v) is 5.66. The number of hydrogen-bond acceptors (Lipinski definition) is 2. The van der Waals surface area contributed by atoms with E-state index in [0.29, 0.717) is 12.1 Å². The van der Waals surface area contributed by atoms with Gasteiger partial charge in [0.1, 0.15) is 0 Å². The molecule has 2 heterocycles. The molecule has 0 saturated carbocycles. The summed E-state index contributed by atoms with van der Waals surface area (Å²) in [4.78, 5) is 0. The molecule has 0 bridgehead atoms. The van der Waals surface area contributed by atoms with E-state index >= 15 is 0 Å². The summed E-state index contributed by atoms with van der Waals surface area (Å²) in [6.45, 7) is 0.499. The summed E-state index contributed by atoms with van der Waals surface area (Å²) in [7, 11) is -0.0735. The van der Waals surface area contributed by atoms with Crippen molar-refractivity contribution in [3.05, 3.63) is 78.9 Å². The van der Waals surface area contributed by atoms with E-state index in [1.165, 1.54) is 0 Å². The molecule has 0 atom stereocenters. The Labute approximate surface area is 141 Å². The van der Waals surface area contributed by atoms with Crippen LogP contribution in [0.3, 0.4) is 0 Å². The standard InChI is InChI=1S/C19H14N3OP/c20-15-16-1-3-19(4-2-16)22-11-7-18(8-12-22)17-5-9-21(10-6-17)13-14-24-23/h1-12H,13H2/q+2. The Bertz CT molecular complexity index is 983. The van der Waals surface area contributed by atoms with Gasteiger partial charge in [-0.3, -0.25) is 0 Å². The molecule has 0 aliphatic rings. The summed E-state index contributed by atoms with van der Waals surface area (Å²) in [5.41, 5.74) is 6.60. The SMILES string of the molecule is N#Cc1ccc(-[n+]2ccc(-c3cc[n+](CC#P=O)cc3)cc2)cc1. The van der Waals surface area contributed by atoms with Gasteiger partial charge in [0.15, 0.2) is 0 Å². The van der Waals surface area contributed by atoms with Crippen LogP contribution < -0.4 is 9.13 Å². The first-order valence-electron chi connectivity index (χ1n) is 7.37. The fraction of sp³-hybridized carbons (Fsp3) is 0.0526. The van der Waals surface area contributed by atoms with Gasteiger partial charge in [0, 0.05) is 0 Å². The normalized spacial score (nSPS) is 9.79. The second kappa shape index (κ2) is 7.53. The summed E-state index contributed by atoms with van der Waals surface area (Å²) in [5.74, 6) is 0.